The van der Waals surface area contributed by atoms with E-state index in [9.17, 15) is 29.1 Å². The van der Waals surface area contributed by atoms with Crippen LogP contribution in [0.2, 0.25) is 0 Å². The van der Waals surface area contributed by atoms with Gasteiger partial charge in [-0.2, -0.15) is 0 Å². The first-order valence-corrected chi connectivity index (χ1v) is 23.8. The zero-order valence-electron chi connectivity index (χ0n) is 40.9. The van der Waals surface area contributed by atoms with Gasteiger partial charge < -0.3 is 39.0 Å². The summed E-state index contributed by atoms with van der Waals surface area (Å²) in [6, 6.07) is 14.6. The predicted molar refractivity (Wildman–Crippen MR) is 261 cm³/mol. The van der Waals surface area contributed by atoms with Crippen molar-refractivity contribution >= 4 is 40.5 Å². The normalized spacial score (nSPS) is 20.2. The largest absolute Gasteiger partial charge is 0.508 e. The number of amides is 4. The van der Waals surface area contributed by atoms with Crippen molar-refractivity contribution in [2.75, 3.05) is 54.1 Å². The van der Waals surface area contributed by atoms with E-state index in [1.807, 2.05) is 38.1 Å². The number of nitrogens with zero attached hydrogens (tertiary/aromatic N) is 4. The number of cyclic esters (lactones) is 1. The van der Waals surface area contributed by atoms with Gasteiger partial charge in [-0.15, -0.1) is 0 Å². The Labute approximate surface area is 399 Å². The summed E-state index contributed by atoms with van der Waals surface area (Å²) in [6.07, 6.45) is 3.80. The highest BCUT2D eigenvalue weighted by Gasteiger charge is 2.40. The van der Waals surface area contributed by atoms with Crippen LogP contribution in [0.4, 0.5) is 0 Å². The Hall–Kier alpha value is -6.19. The second-order valence-corrected chi connectivity index (χ2v) is 19.6. The molecule has 3 aromatic carbocycles. The highest BCUT2D eigenvalue weighted by molar-refractivity contribution is 5.97. The number of aromatic hydroxyl groups is 1. The number of aryl methyl sites for hydroxylation is 1. The first-order valence-electron chi connectivity index (χ1n) is 23.8. The minimum Gasteiger partial charge on any atom is -0.508 e. The third-order valence-corrected chi connectivity index (χ3v) is 13.7. The zero-order valence-corrected chi connectivity index (χ0v) is 40.9. The molecule has 4 heterocycles. The number of hydrogen-bond acceptors (Lipinski definition) is 10. The molecule has 364 valence electrons. The van der Waals surface area contributed by atoms with E-state index in [4.69, 9.17) is 14.2 Å². The molecule has 4 atom stereocenters. The Bertz CT molecular complexity index is 2570. The lowest BCUT2D eigenvalue weighted by molar-refractivity contribution is -0.155. The van der Waals surface area contributed by atoms with Crippen molar-refractivity contribution in [1.29, 1.82) is 0 Å². The number of methoxy groups -OCH3 is 2. The van der Waals surface area contributed by atoms with Crippen LogP contribution in [0.25, 0.3) is 33.3 Å². The smallest absolute Gasteiger partial charge is 0.324 e. The summed E-state index contributed by atoms with van der Waals surface area (Å²) >= 11 is 0. The lowest BCUT2D eigenvalue weighted by atomic mass is 9.83. The first-order chi connectivity index (χ1) is 32.5. The van der Waals surface area contributed by atoms with E-state index < -0.39 is 47.2 Å². The zero-order chi connectivity index (χ0) is 49.0. The van der Waals surface area contributed by atoms with E-state index in [-0.39, 0.29) is 49.6 Å². The highest BCUT2D eigenvalue weighted by atomic mass is 16.5. The molecular weight excluding hydrogens is 865 g/mol. The molecule has 6 bridgehead atoms. The number of hydrazine groups is 1. The molecular formula is C53H68N6O9. The molecule has 1 unspecified atom stereocenters. The summed E-state index contributed by atoms with van der Waals surface area (Å²) in [5.74, 6) is -2.14. The number of esters is 1. The molecule has 4 aromatic rings. The van der Waals surface area contributed by atoms with Gasteiger partial charge in [-0.05, 0) is 109 Å². The molecule has 68 heavy (non-hydrogen) atoms. The molecule has 0 radical (unpaired) electrons. The number of nitrogens with one attached hydrogen (secondary N) is 2. The second-order valence-electron chi connectivity index (χ2n) is 19.6. The lowest BCUT2D eigenvalue weighted by Gasteiger charge is -2.37. The number of phenolic OH excluding ortho intramolecular Hbond substituents is 1. The molecule has 0 aliphatic carbocycles. The number of carbonyl (C=O) groups excluding carboxylic acids is 5. The summed E-state index contributed by atoms with van der Waals surface area (Å²) in [4.78, 5) is 72.5. The van der Waals surface area contributed by atoms with Crippen LogP contribution >= 0.6 is 0 Å². The van der Waals surface area contributed by atoms with Gasteiger partial charge in [-0.3, -0.25) is 29.0 Å². The fourth-order valence-electron chi connectivity index (χ4n) is 10.3. The van der Waals surface area contributed by atoms with E-state index >= 15 is 0 Å². The van der Waals surface area contributed by atoms with E-state index in [2.05, 4.69) is 60.9 Å². The van der Waals surface area contributed by atoms with Crippen LogP contribution < -0.4 is 15.5 Å². The first kappa shape index (κ1) is 49.7. The molecule has 7 rings (SSSR count). The van der Waals surface area contributed by atoms with E-state index in [0.29, 0.717) is 62.9 Å². The summed E-state index contributed by atoms with van der Waals surface area (Å²) < 4.78 is 20.1. The summed E-state index contributed by atoms with van der Waals surface area (Å²) in [7, 11) is 4.95. The third-order valence-electron chi connectivity index (χ3n) is 13.7. The minimum atomic E-state index is -1.17. The maximum Gasteiger partial charge on any atom is 0.324 e. The molecule has 0 saturated carbocycles. The van der Waals surface area contributed by atoms with Crippen molar-refractivity contribution in [1.82, 2.24) is 30.1 Å². The molecule has 3 aliphatic heterocycles. The third kappa shape index (κ3) is 10.4. The monoisotopic (exact) mass is 933 g/mol. The van der Waals surface area contributed by atoms with Gasteiger partial charge in [0, 0.05) is 68.6 Å². The summed E-state index contributed by atoms with van der Waals surface area (Å²) in [6.45, 7) is 15.7. The number of likely N-dealkylation sites (tertiary alicyclic amines) is 1. The molecule has 0 spiro atoms. The molecule has 2 fully saturated rings. The molecule has 1 aromatic heterocycles. The fourth-order valence-corrected chi connectivity index (χ4v) is 10.3. The van der Waals surface area contributed by atoms with Crippen molar-refractivity contribution in [2.45, 2.75) is 97.8 Å². The molecule has 3 N–H and O–H groups in total. The van der Waals surface area contributed by atoms with Gasteiger partial charge in [0.2, 0.25) is 17.7 Å². The van der Waals surface area contributed by atoms with Gasteiger partial charge in [0.15, 0.2) is 0 Å². The van der Waals surface area contributed by atoms with E-state index in [1.54, 1.807) is 38.3 Å². The van der Waals surface area contributed by atoms with Gasteiger partial charge in [-0.1, -0.05) is 58.5 Å². The Kier molecular flexibility index (Phi) is 15.3. The van der Waals surface area contributed by atoms with Gasteiger partial charge in [0.1, 0.15) is 29.6 Å². The Morgan fingerprint density at radius 2 is 1.84 bits per heavy atom. The Morgan fingerprint density at radius 1 is 1.06 bits per heavy atom. The van der Waals surface area contributed by atoms with Crippen LogP contribution in [-0.2, 0) is 59.3 Å². The minimum absolute atomic E-state index is 0.0145. The van der Waals surface area contributed by atoms with Crippen molar-refractivity contribution in [3.05, 3.63) is 83.9 Å². The van der Waals surface area contributed by atoms with Crippen LogP contribution in [0, 0.1) is 17.3 Å². The quantitative estimate of drug-likeness (QED) is 0.112. The number of aromatic nitrogens is 1. The van der Waals surface area contributed by atoms with E-state index in [1.165, 1.54) is 16.0 Å². The number of fused-ring (bicyclic) bond motifs is 6. The molecule has 4 amide bonds. The van der Waals surface area contributed by atoms with Gasteiger partial charge in [0.05, 0.1) is 31.9 Å². The van der Waals surface area contributed by atoms with Gasteiger partial charge in [0.25, 0.3) is 5.91 Å². The van der Waals surface area contributed by atoms with Crippen LogP contribution in [0.3, 0.4) is 0 Å². The maximum atomic E-state index is 14.7. The average molecular weight is 933 g/mol. The van der Waals surface area contributed by atoms with Crippen LogP contribution in [-0.4, -0.2) is 126 Å². The second kappa shape index (κ2) is 21.0. The summed E-state index contributed by atoms with van der Waals surface area (Å²) in [5.41, 5.74) is 9.81. The molecule has 2 saturated heterocycles. The van der Waals surface area contributed by atoms with Gasteiger partial charge >= 0.3 is 5.97 Å². The lowest BCUT2D eigenvalue weighted by Crippen LogP contribution is -2.62. The summed E-state index contributed by atoms with van der Waals surface area (Å²) in [5, 5.41) is 16.8. The fraction of sp³-hybridized carbons (Fsp3) is 0.491. The number of rotatable bonds is 12. The number of ether oxygens (including phenoxy) is 3. The SMILES string of the molecule is C=CC(=O)N1CC[C@H](C(=O)N(C)[C@H](C(=O)NC2Cc3cc(O)cc(c3)-c3ccc4c(c3)c(c(-c3c(CCOC)cccc3OC)n4CC)CC(C)(C)COC(=O)[C@@H]3CCCN(N3)C2=O)C(C)C)C1. The number of hydrogen-bond donors (Lipinski definition) is 3. The maximum absolute atomic E-state index is 14.7. The average Bonchev–Trinajstić information content (AvgIpc) is 3.93. The number of benzene rings is 3. The predicted octanol–water partition coefficient (Wildman–Crippen LogP) is 6.06. The Morgan fingerprint density at radius 3 is 2.54 bits per heavy atom. The van der Waals surface area contributed by atoms with Crippen molar-refractivity contribution in [3.8, 4) is 33.9 Å². The topological polar surface area (TPSA) is 172 Å². The van der Waals surface area contributed by atoms with Crippen molar-refractivity contribution < 1.29 is 43.3 Å². The van der Waals surface area contributed by atoms with Crippen LogP contribution in [0.15, 0.2) is 67.3 Å². The van der Waals surface area contributed by atoms with Crippen molar-refractivity contribution in [2.24, 2.45) is 17.3 Å². The molecule has 3 aliphatic rings. The molecule has 15 nitrogen and oxygen atoms in total. The van der Waals surface area contributed by atoms with Gasteiger partial charge in [-0.25, -0.2) is 5.43 Å². The number of carbonyl (C=O) groups is 5. The molecule has 15 heteroatoms. The standard InChI is InChI=1S/C53H68N6O9/c1-10-45(61)57-22-19-36(30-57)50(63)56(7)47(32(3)4)49(62)54-42-26-33-24-37(27-38(60)25-33)35-17-18-43-39(28-35)40(29-53(5,6)31-68-52(65)41-15-13-21-59(55-41)51(42)64)48(58(43)11-2)46-34(20-23-66-8)14-12-16-44(46)67-9/h10,12,14,16-18,24-25,27-28,32,36,41-42,47,55,60H,1,11,13,15,19-23,26,29-31H2,2-9H3,(H,54,62)/t36-,41-,42?,47-/m0/s1. The number of likely N-dealkylation sites (N-methyl/N-ethyl adjacent to an activating group) is 1. The van der Waals surface area contributed by atoms with Crippen molar-refractivity contribution in [3.63, 3.8) is 0 Å². The highest BCUT2D eigenvalue weighted by Crippen LogP contribution is 2.44. The number of phenols is 1. The van der Waals surface area contributed by atoms with E-state index in [0.717, 1.165) is 44.6 Å². The van der Waals surface area contributed by atoms with Crippen LogP contribution in [0.1, 0.15) is 70.6 Å². The Balaban J connectivity index is 1.32. The van der Waals surface area contributed by atoms with Crippen LogP contribution in [0.5, 0.6) is 11.5 Å².